The molecule has 5 heterocycles. The van der Waals surface area contributed by atoms with Gasteiger partial charge in [-0.15, -0.1) is 0 Å². The van der Waals surface area contributed by atoms with Crippen LogP contribution in [0.2, 0.25) is 0 Å². The maximum Gasteiger partial charge on any atom is 0.351 e. The van der Waals surface area contributed by atoms with Gasteiger partial charge in [0.15, 0.2) is 0 Å². The molecule has 248 valence electrons. The Morgan fingerprint density at radius 1 is 0.529 bits per heavy atom. The summed E-state index contributed by atoms with van der Waals surface area (Å²) in [5, 5.41) is 0. The summed E-state index contributed by atoms with van der Waals surface area (Å²) in [5.41, 5.74) is 16.4. The highest BCUT2D eigenvalue weighted by Gasteiger charge is 2.57. The first-order valence-electron chi connectivity index (χ1n) is 18.0. The first-order chi connectivity index (χ1) is 24.4. The van der Waals surface area contributed by atoms with E-state index in [1.54, 1.807) is 0 Å². The van der Waals surface area contributed by atoms with Gasteiger partial charge in [-0.2, -0.15) is 0 Å². The number of carbonyl (C=O) groups excluding carboxylic acids is 1. The molecule has 8 heteroatoms. The molecule has 0 atom stereocenters. The number of nitrogens with zero attached hydrogens (tertiary/aromatic N) is 5. The standard InChI is InChI=1S/C43H39B2N5O/c1-24-17-19-26(3)34(21-24)48-39-46-44-32-15-11-9-13-28(32)42(5,6)30-23-31-37-38(36(30)44)50(39)40(49(41(48)51)35-22-25(2)18-20-27(35)4)47-45(37)33-16-12-10-14-29(33)43(31,7)8/h9-23H,1-8H3. The Bertz CT molecular complexity index is 2330. The molecule has 5 aromatic rings. The van der Waals surface area contributed by atoms with E-state index in [1.807, 2.05) is 9.80 Å². The first kappa shape index (κ1) is 30.5. The van der Waals surface area contributed by atoms with Gasteiger partial charge in [0.25, 0.3) is 0 Å². The first-order valence-corrected chi connectivity index (χ1v) is 18.0. The summed E-state index contributed by atoms with van der Waals surface area (Å²) in [7, 11) is 0. The molecule has 0 saturated carbocycles. The number of anilines is 3. The molecular formula is C43H39B2N5O. The molecule has 0 bridgehead atoms. The fourth-order valence-corrected chi connectivity index (χ4v) is 9.57. The average molecular weight is 663 g/mol. The van der Waals surface area contributed by atoms with E-state index in [0.717, 1.165) is 39.3 Å². The quantitative estimate of drug-likeness (QED) is 0.215. The van der Waals surface area contributed by atoms with Crippen LogP contribution in [0.25, 0.3) is 0 Å². The summed E-state index contributed by atoms with van der Waals surface area (Å²) in [6.07, 6.45) is 0. The van der Waals surface area contributed by atoms with Crippen LogP contribution >= 0.6 is 0 Å². The number of guanidine groups is 2. The lowest BCUT2D eigenvalue weighted by Crippen LogP contribution is -2.75. The molecule has 10 rings (SSSR count). The predicted molar refractivity (Wildman–Crippen MR) is 213 cm³/mol. The Labute approximate surface area is 300 Å². The lowest BCUT2D eigenvalue weighted by molar-refractivity contribution is 0.256. The number of rotatable bonds is 2. The fraction of sp³-hybridized carbons (Fsp3) is 0.233. The van der Waals surface area contributed by atoms with Crippen LogP contribution in [-0.2, 0) is 10.8 Å². The summed E-state index contributed by atoms with van der Waals surface area (Å²) in [4.78, 5) is 32.8. The van der Waals surface area contributed by atoms with E-state index in [1.165, 1.54) is 44.1 Å². The Balaban J connectivity index is 1.38. The van der Waals surface area contributed by atoms with Crippen LogP contribution in [0, 0.1) is 27.7 Å². The number of hydrogen-bond donors (Lipinski definition) is 0. The van der Waals surface area contributed by atoms with E-state index in [-0.39, 0.29) is 30.6 Å². The Kier molecular flexibility index (Phi) is 5.92. The third-order valence-corrected chi connectivity index (χ3v) is 12.2. The molecule has 5 aromatic carbocycles. The lowest BCUT2D eigenvalue weighted by atomic mass is 9.36. The van der Waals surface area contributed by atoms with Crippen LogP contribution in [-0.4, -0.2) is 31.6 Å². The molecule has 0 aliphatic carbocycles. The monoisotopic (exact) mass is 663 g/mol. The smallest absolute Gasteiger partial charge is 0.298 e. The van der Waals surface area contributed by atoms with Crippen molar-refractivity contribution in [1.82, 2.24) is 0 Å². The van der Waals surface area contributed by atoms with Crippen molar-refractivity contribution in [2.45, 2.75) is 66.2 Å². The molecule has 1 fully saturated rings. The van der Waals surface area contributed by atoms with Gasteiger partial charge in [0.05, 0.1) is 11.4 Å². The van der Waals surface area contributed by atoms with Crippen molar-refractivity contribution in [3.05, 3.63) is 136 Å². The molecule has 5 aliphatic heterocycles. The van der Waals surface area contributed by atoms with Gasteiger partial charge >= 0.3 is 19.7 Å². The van der Waals surface area contributed by atoms with Gasteiger partial charge in [-0.3, -0.25) is 14.7 Å². The van der Waals surface area contributed by atoms with Crippen molar-refractivity contribution < 1.29 is 4.79 Å². The van der Waals surface area contributed by atoms with Crippen molar-refractivity contribution in [2.75, 3.05) is 14.7 Å². The van der Waals surface area contributed by atoms with Gasteiger partial charge in [-0.25, -0.2) is 14.6 Å². The number of aryl methyl sites for hydroxylation is 4. The Morgan fingerprint density at radius 3 is 1.41 bits per heavy atom. The Hall–Kier alpha value is -5.36. The predicted octanol–water partition coefficient (Wildman–Crippen LogP) is 6.10. The fourth-order valence-electron chi connectivity index (χ4n) is 9.57. The maximum atomic E-state index is 15.5. The van der Waals surface area contributed by atoms with Crippen molar-refractivity contribution >= 4 is 70.6 Å². The number of fused-ring (bicyclic) bond motifs is 4. The van der Waals surface area contributed by atoms with Gasteiger partial charge in [-0.1, -0.05) is 107 Å². The number of benzene rings is 5. The van der Waals surface area contributed by atoms with Crippen molar-refractivity contribution in [2.24, 2.45) is 9.81 Å². The summed E-state index contributed by atoms with van der Waals surface area (Å²) in [6.45, 7) is 17.2. The van der Waals surface area contributed by atoms with Crippen LogP contribution < -0.4 is 36.6 Å². The SMILES string of the molecule is Cc1ccc(C)c(N2C(=O)N(c3cc(C)ccc3C)C3=NB4c5ccccc5C(C)(C)c5cc6c7c(c54)N3C2=NB7c2ccccc2C6(C)C)c1. The van der Waals surface area contributed by atoms with Crippen LogP contribution in [0.3, 0.4) is 0 Å². The second kappa shape index (κ2) is 9.91. The molecule has 0 unspecified atom stereocenters. The minimum atomic E-state index is -0.274. The topological polar surface area (TPSA) is 51.5 Å². The molecule has 2 amide bonds. The second-order valence-corrected chi connectivity index (χ2v) is 16.1. The van der Waals surface area contributed by atoms with E-state index in [9.17, 15) is 0 Å². The highest BCUT2D eigenvalue weighted by atomic mass is 16.2. The molecule has 0 N–H and O–H groups in total. The summed E-state index contributed by atoms with van der Waals surface area (Å²) >= 11 is 0. The number of hydrogen-bond acceptors (Lipinski definition) is 4. The molecule has 1 saturated heterocycles. The van der Waals surface area contributed by atoms with Gasteiger partial charge in [-0.05, 0) is 106 Å². The van der Waals surface area contributed by atoms with E-state index < -0.39 is 0 Å². The summed E-state index contributed by atoms with van der Waals surface area (Å²) in [5.74, 6) is 1.21. The zero-order chi connectivity index (χ0) is 35.3. The largest absolute Gasteiger partial charge is 0.351 e. The minimum absolute atomic E-state index is 0.178. The third-order valence-electron chi connectivity index (χ3n) is 12.2. The molecule has 0 radical (unpaired) electrons. The zero-order valence-corrected chi connectivity index (χ0v) is 30.5. The Morgan fingerprint density at radius 2 is 0.961 bits per heavy atom. The third kappa shape index (κ3) is 3.77. The molecular weight excluding hydrogens is 624 g/mol. The highest BCUT2D eigenvalue weighted by Crippen LogP contribution is 2.45. The van der Waals surface area contributed by atoms with Crippen molar-refractivity contribution in [3.8, 4) is 0 Å². The molecule has 0 aromatic heterocycles. The van der Waals surface area contributed by atoms with Crippen molar-refractivity contribution in [3.63, 3.8) is 0 Å². The van der Waals surface area contributed by atoms with Crippen LogP contribution in [0.5, 0.6) is 0 Å². The highest BCUT2D eigenvalue weighted by molar-refractivity contribution is 6.93. The van der Waals surface area contributed by atoms with Crippen LogP contribution in [0.1, 0.15) is 72.2 Å². The molecule has 6 nitrogen and oxygen atoms in total. The summed E-state index contributed by atoms with van der Waals surface area (Å²) in [6, 6.07) is 32.5. The van der Waals surface area contributed by atoms with E-state index in [4.69, 9.17) is 9.81 Å². The van der Waals surface area contributed by atoms with Crippen LogP contribution in [0.15, 0.2) is 101 Å². The van der Waals surface area contributed by atoms with Gasteiger partial charge in [0, 0.05) is 16.5 Å². The lowest BCUT2D eigenvalue weighted by Gasteiger charge is -2.54. The molecule has 0 spiro atoms. The zero-order valence-electron chi connectivity index (χ0n) is 30.5. The average Bonchev–Trinajstić information content (AvgIpc) is 3.11. The van der Waals surface area contributed by atoms with Gasteiger partial charge in [0.2, 0.25) is 11.9 Å². The summed E-state index contributed by atoms with van der Waals surface area (Å²) < 4.78 is 0. The van der Waals surface area contributed by atoms with Gasteiger partial charge in [0.1, 0.15) is 0 Å². The van der Waals surface area contributed by atoms with Crippen LogP contribution in [0.4, 0.5) is 21.9 Å². The second-order valence-electron chi connectivity index (χ2n) is 16.1. The van der Waals surface area contributed by atoms with Crippen molar-refractivity contribution in [1.29, 1.82) is 0 Å². The van der Waals surface area contributed by atoms with E-state index in [0.29, 0.717) is 11.9 Å². The van der Waals surface area contributed by atoms with E-state index in [2.05, 4.69) is 151 Å². The number of urea groups is 1. The minimum Gasteiger partial charge on any atom is -0.298 e. The number of carbonyl (C=O) groups is 1. The normalized spacial score (nSPS) is 18.2. The maximum absolute atomic E-state index is 15.5. The number of amides is 2. The van der Waals surface area contributed by atoms with E-state index >= 15 is 4.79 Å². The molecule has 5 aliphatic rings. The molecule has 51 heavy (non-hydrogen) atoms. The van der Waals surface area contributed by atoms with Gasteiger partial charge < -0.3 is 0 Å².